The molecule has 0 aliphatic carbocycles. The number of fused-ring (bicyclic) bond motifs is 3. The highest BCUT2D eigenvalue weighted by molar-refractivity contribution is 8.25. The van der Waals surface area contributed by atoms with Crippen molar-refractivity contribution in [2.45, 2.75) is 16.2 Å². The fourth-order valence-electron chi connectivity index (χ4n) is 5.67. The van der Waals surface area contributed by atoms with Crippen LogP contribution in [0, 0.1) is 0 Å². The number of aromatic nitrogens is 1. The first-order valence-corrected chi connectivity index (χ1v) is 11.8. The Morgan fingerprint density at radius 1 is 1.30 bits per heavy atom. The van der Waals surface area contributed by atoms with Crippen molar-refractivity contribution in [2.24, 2.45) is 0 Å². The van der Waals surface area contributed by atoms with Crippen LogP contribution in [0.25, 0.3) is 0 Å². The van der Waals surface area contributed by atoms with Gasteiger partial charge in [-0.3, -0.25) is 24.4 Å². The number of rotatable bonds is 4. The number of anilines is 1. The van der Waals surface area contributed by atoms with Gasteiger partial charge in [0, 0.05) is 49.7 Å². The smallest absolute Gasteiger partial charge is 0.254 e. The molecule has 7 nitrogen and oxygen atoms in total. The molecule has 5 rings (SSSR count). The van der Waals surface area contributed by atoms with Crippen LogP contribution < -0.4 is 9.64 Å². The van der Waals surface area contributed by atoms with Gasteiger partial charge in [0.05, 0.1) is 7.11 Å². The van der Waals surface area contributed by atoms with E-state index in [9.17, 15) is 9.59 Å². The summed E-state index contributed by atoms with van der Waals surface area (Å²) in [5, 5.41) is 0. The standard InChI is InChI=1S/C24H24N4O3S2/c1-5-11-28-21(30)24(33-22(28)32)18(15-7-6-10-25-13-15)14-26(2)23(24)17-12-16(31-4)8-9-19(17)27(3)20(23)29/h5-10,12-13,18H,1,11,14H2,2-4H3/t18-,23-,24-/m1/s1. The van der Waals surface area contributed by atoms with Crippen LogP contribution in [0.5, 0.6) is 5.75 Å². The Labute approximate surface area is 202 Å². The number of likely N-dealkylation sites (tertiary alicyclic amines) is 1. The molecular formula is C24H24N4O3S2. The van der Waals surface area contributed by atoms with Gasteiger partial charge in [0.25, 0.3) is 5.91 Å². The second-order valence-electron chi connectivity index (χ2n) is 8.49. The van der Waals surface area contributed by atoms with Crippen molar-refractivity contribution in [1.29, 1.82) is 0 Å². The first-order valence-electron chi connectivity index (χ1n) is 10.6. The molecule has 0 unspecified atom stereocenters. The number of likely N-dealkylation sites (N-methyl/N-ethyl adjacent to an activating group) is 2. The maximum Gasteiger partial charge on any atom is 0.254 e. The fourth-order valence-corrected chi connectivity index (χ4v) is 7.82. The van der Waals surface area contributed by atoms with Crippen molar-refractivity contribution in [2.75, 3.05) is 39.2 Å². The van der Waals surface area contributed by atoms with Crippen LogP contribution in [0.1, 0.15) is 17.0 Å². The molecule has 0 N–H and O–H groups in total. The highest BCUT2D eigenvalue weighted by Gasteiger charge is 2.78. The predicted octanol–water partition coefficient (Wildman–Crippen LogP) is 2.78. The summed E-state index contributed by atoms with van der Waals surface area (Å²) in [5.74, 6) is -0.00157. The van der Waals surface area contributed by atoms with Crippen LogP contribution in [-0.4, -0.2) is 70.0 Å². The third-order valence-electron chi connectivity index (χ3n) is 7.06. The molecule has 3 aliphatic rings. The van der Waals surface area contributed by atoms with Crippen LogP contribution in [0.2, 0.25) is 0 Å². The number of carbonyl (C=O) groups excluding carboxylic acids is 2. The number of carbonyl (C=O) groups is 2. The van der Waals surface area contributed by atoms with E-state index in [1.165, 1.54) is 11.8 Å². The average Bonchev–Trinajstić information content (AvgIpc) is 3.33. The number of hydrogen-bond donors (Lipinski definition) is 0. The van der Waals surface area contributed by atoms with Crippen molar-refractivity contribution in [3.8, 4) is 5.75 Å². The molecule has 1 aromatic heterocycles. The van der Waals surface area contributed by atoms with Gasteiger partial charge in [-0.15, -0.1) is 6.58 Å². The van der Waals surface area contributed by atoms with Crippen molar-refractivity contribution in [1.82, 2.24) is 14.8 Å². The zero-order valence-electron chi connectivity index (χ0n) is 18.6. The lowest BCUT2D eigenvalue weighted by atomic mass is 9.72. The molecule has 0 radical (unpaired) electrons. The van der Waals surface area contributed by atoms with E-state index in [2.05, 4.69) is 11.6 Å². The van der Waals surface area contributed by atoms with E-state index in [4.69, 9.17) is 17.0 Å². The Kier molecular flexibility index (Phi) is 5.11. The minimum Gasteiger partial charge on any atom is -0.497 e. The van der Waals surface area contributed by atoms with E-state index in [1.807, 2.05) is 42.3 Å². The zero-order valence-corrected chi connectivity index (χ0v) is 20.3. The van der Waals surface area contributed by atoms with Gasteiger partial charge in [-0.25, -0.2) is 0 Å². The van der Waals surface area contributed by atoms with Gasteiger partial charge < -0.3 is 9.64 Å². The van der Waals surface area contributed by atoms with Crippen molar-refractivity contribution in [3.05, 3.63) is 66.5 Å². The number of thioether (sulfide) groups is 1. The molecule has 9 heteroatoms. The molecule has 2 aromatic rings. The predicted molar refractivity (Wildman–Crippen MR) is 133 cm³/mol. The molecular weight excluding hydrogens is 456 g/mol. The van der Waals surface area contributed by atoms with E-state index < -0.39 is 10.3 Å². The molecule has 170 valence electrons. The quantitative estimate of drug-likeness (QED) is 0.493. The summed E-state index contributed by atoms with van der Waals surface area (Å²) in [6.45, 7) is 4.58. The summed E-state index contributed by atoms with van der Waals surface area (Å²) >= 11 is 7.02. The zero-order chi connectivity index (χ0) is 23.5. The van der Waals surface area contributed by atoms with E-state index in [-0.39, 0.29) is 17.7 Å². The van der Waals surface area contributed by atoms with Gasteiger partial charge in [0.2, 0.25) is 5.91 Å². The van der Waals surface area contributed by atoms with Crippen molar-refractivity contribution in [3.63, 3.8) is 0 Å². The highest BCUT2D eigenvalue weighted by Crippen LogP contribution is 2.66. The summed E-state index contributed by atoms with van der Waals surface area (Å²) < 4.78 is 4.77. The number of pyridine rings is 1. The second kappa shape index (κ2) is 7.65. The number of ether oxygens (including phenoxy) is 1. The number of hydrogen-bond acceptors (Lipinski definition) is 7. The first-order chi connectivity index (χ1) is 15.8. The average molecular weight is 481 g/mol. The molecule has 2 saturated heterocycles. The lowest BCUT2D eigenvalue weighted by Gasteiger charge is -2.42. The molecule has 2 fully saturated rings. The molecule has 0 bridgehead atoms. The van der Waals surface area contributed by atoms with E-state index in [1.54, 1.807) is 42.4 Å². The van der Waals surface area contributed by atoms with Crippen molar-refractivity contribution >= 4 is 45.8 Å². The Bertz CT molecular complexity index is 1190. The molecule has 0 saturated carbocycles. The topological polar surface area (TPSA) is 66.0 Å². The molecule has 2 spiro atoms. The normalized spacial score (nSPS) is 28.9. The second-order valence-corrected chi connectivity index (χ2v) is 10.4. The van der Waals surface area contributed by atoms with Crippen LogP contribution in [0.15, 0.2) is 55.4 Å². The van der Waals surface area contributed by atoms with E-state index >= 15 is 0 Å². The minimum absolute atomic E-state index is 0.149. The summed E-state index contributed by atoms with van der Waals surface area (Å²) in [4.78, 5) is 38.1. The van der Waals surface area contributed by atoms with E-state index in [0.29, 0.717) is 23.2 Å². The van der Waals surface area contributed by atoms with E-state index in [0.717, 1.165) is 16.8 Å². The number of thiocarbonyl (C=S) groups is 1. The maximum atomic E-state index is 14.4. The maximum absolute atomic E-state index is 14.4. The summed E-state index contributed by atoms with van der Waals surface area (Å²) in [6, 6.07) is 9.42. The number of benzene rings is 1. The lowest BCUT2D eigenvalue weighted by molar-refractivity contribution is -0.138. The van der Waals surface area contributed by atoms with Crippen LogP contribution >= 0.6 is 24.0 Å². The monoisotopic (exact) mass is 480 g/mol. The third kappa shape index (κ3) is 2.61. The molecule has 4 heterocycles. The molecule has 1 aromatic carbocycles. The molecule has 3 aliphatic heterocycles. The Balaban J connectivity index is 1.84. The first kappa shape index (κ1) is 22.1. The minimum atomic E-state index is -1.26. The molecule has 3 atom stereocenters. The Morgan fingerprint density at radius 3 is 2.76 bits per heavy atom. The van der Waals surface area contributed by atoms with Gasteiger partial charge in [0.15, 0.2) is 5.54 Å². The van der Waals surface area contributed by atoms with Crippen molar-refractivity contribution < 1.29 is 14.3 Å². The van der Waals surface area contributed by atoms with Crippen LogP contribution in [0.4, 0.5) is 5.69 Å². The number of nitrogens with zero attached hydrogens (tertiary/aromatic N) is 4. The third-order valence-corrected chi connectivity index (χ3v) is 9.00. The van der Waals surface area contributed by atoms with Crippen LogP contribution in [-0.2, 0) is 15.1 Å². The SMILES string of the molecule is C=CCN1C(=O)[C@]2(SC1=S)[C@@H](c1cccnc1)CN(C)[C@]21C(=O)N(C)c2ccc(OC)cc21. The molecule has 2 amide bonds. The molecule has 33 heavy (non-hydrogen) atoms. The largest absolute Gasteiger partial charge is 0.497 e. The van der Waals surface area contributed by atoms with Gasteiger partial charge in [-0.1, -0.05) is 36.1 Å². The van der Waals surface area contributed by atoms with Gasteiger partial charge in [-0.2, -0.15) is 0 Å². The summed E-state index contributed by atoms with van der Waals surface area (Å²) in [5.41, 5.74) is 1.17. The number of methoxy groups -OCH3 is 1. The van der Waals surface area contributed by atoms with Gasteiger partial charge in [-0.05, 0) is 36.9 Å². The van der Waals surface area contributed by atoms with Gasteiger partial charge >= 0.3 is 0 Å². The van der Waals surface area contributed by atoms with Gasteiger partial charge in [0.1, 0.15) is 14.8 Å². The summed E-state index contributed by atoms with van der Waals surface area (Å²) in [6.07, 6.45) is 5.15. The lowest BCUT2D eigenvalue weighted by Crippen LogP contribution is -2.62. The Morgan fingerprint density at radius 2 is 2.09 bits per heavy atom. The van der Waals surface area contributed by atoms with Crippen LogP contribution in [0.3, 0.4) is 0 Å². The Hall–Kier alpha value is -2.75. The summed E-state index contributed by atoms with van der Waals surface area (Å²) in [7, 11) is 5.26. The fraction of sp³-hybridized carbons (Fsp3) is 0.333. The number of amides is 2. The highest BCUT2D eigenvalue weighted by atomic mass is 32.2.